The van der Waals surface area contributed by atoms with Crippen molar-refractivity contribution in [2.45, 2.75) is 13.8 Å². The van der Waals surface area contributed by atoms with E-state index in [4.69, 9.17) is 0 Å². The first kappa shape index (κ1) is 13.0. The fraction of sp³-hybridized carbons (Fsp3) is 0.818. The zero-order chi connectivity index (χ0) is 12.1. The lowest BCUT2D eigenvalue weighted by atomic mass is 10.1. The lowest BCUT2D eigenvalue weighted by Gasteiger charge is -2.35. The molecule has 1 N–H and O–H groups in total. The van der Waals surface area contributed by atoms with Crippen LogP contribution in [0.25, 0.3) is 0 Å². The van der Waals surface area contributed by atoms with Crippen LogP contribution in [0.3, 0.4) is 0 Å². The molecule has 0 aromatic rings. The summed E-state index contributed by atoms with van der Waals surface area (Å²) in [5.74, 6) is 0.279. The van der Waals surface area contributed by atoms with Gasteiger partial charge in [-0.2, -0.15) is 0 Å². The Morgan fingerprint density at radius 3 is 2.12 bits per heavy atom. The van der Waals surface area contributed by atoms with Gasteiger partial charge in [0.2, 0.25) is 11.8 Å². The summed E-state index contributed by atoms with van der Waals surface area (Å²) >= 11 is 0. The SMILES string of the molecule is CNCC(C)C(=O)N1CCN(C(C)=O)CC1. The maximum atomic E-state index is 11.9. The summed E-state index contributed by atoms with van der Waals surface area (Å²) < 4.78 is 0. The van der Waals surface area contributed by atoms with Crippen molar-refractivity contribution in [1.29, 1.82) is 0 Å². The number of rotatable bonds is 3. The van der Waals surface area contributed by atoms with E-state index in [1.165, 1.54) is 0 Å². The molecule has 5 heteroatoms. The van der Waals surface area contributed by atoms with Gasteiger partial charge >= 0.3 is 0 Å². The Morgan fingerprint density at radius 2 is 1.69 bits per heavy atom. The van der Waals surface area contributed by atoms with Crippen LogP contribution in [0.1, 0.15) is 13.8 Å². The van der Waals surface area contributed by atoms with Crippen molar-refractivity contribution in [2.24, 2.45) is 5.92 Å². The van der Waals surface area contributed by atoms with Crippen molar-refractivity contribution in [3.05, 3.63) is 0 Å². The van der Waals surface area contributed by atoms with E-state index in [1.807, 2.05) is 18.9 Å². The highest BCUT2D eigenvalue weighted by molar-refractivity contribution is 5.79. The van der Waals surface area contributed by atoms with Crippen LogP contribution in [-0.2, 0) is 9.59 Å². The first-order chi connectivity index (χ1) is 7.56. The molecule has 1 aliphatic rings. The molecule has 0 saturated carbocycles. The average Bonchev–Trinajstić information content (AvgIpc) is 2.28. The molecule has 5 nitrogen and oxygen atoms in total. The lowest BCUT2D eigenvalue weighted by Crippen LogP contribution is -2.51. The number of hydrogen-bond donors (Lipinski definition) is 1. The molecular weight excluding hydrogens is 206 g/mol. The highest BCUT2D eigenvalue weighted by Crippen LogP contribution is 2.07. The third-order valence-electron chi connectivity index (χ3n) is 2.97. The van der Waals surface area contributed by atoms with Gasteiger partial charge < -0.3 is 15.1 Å². The van der Waals surface area contributed by atoms with Crippen molar-refractivity contribution in [3.63, 3.8) is 0 Å². The molecule has 2 amide bonds. The average molecular weight is 227 g/mol. The van der Waals surface area contributed by atoms with Crippen LogP contribution in [0.5, 0.6) is 0 Å². The predicted molar refractivity (Wildman–Crippen MR) is 61.9 cm³/mol. The Kier molecular flexibility index (Phi) is 4.73. The van der Waals surface area contributed by atoms with E-state index in [2.05, 4.69) is 5.32 Å². The Labute approximate surface area is 96.8 Å². The topological polar surface area (TPSA) is 52.7 Å². The second kappa shape index (κ2) is 5.84. The van der Waals surface area contributed by atoms with E-state index in [-0.39, 0.29) is 17.7 Å². The van der Waals surface area contributed by atoms with Crippen molar-refractivity contribution >= 4 is 11.8 Å². The molecule has 92 valence electrons. The molecule has 0 aliphatic carbocycles. The van der Waals surface area contributed by atoms with E-state index < -0.39 is 0 Å². The molecule has 1 aliphatic heterocycles. The summed E-state index contributed by atoms with van der Waals surface area (Å²) in [6.07, 6.45) is 0. The van der Waals surface area contributed by atoms with Gasteiger partial charge in [0.05, 0.1) is 0 Å². The molecule has 1 unspecified atom stereocenters. The Balaban J connectivity index is 2.41. The minimum Gasteiger partial charge on any atom is -0.339 e. The number of carbonyl (C=O) groups is 2. The fourth-order valence-electron chi connectivity index (χ4n) is 1.95. The van der Waals surface area contributed by atoms with Crippen LogP contribution in [0.2, 0.25) is 0 Å². The van der Waals surface area contributed by atoms with Crippen LogP contribution in [0.15, 0.2) is 0 Å². The predicted octanol–water partition coefficient (Wildman–Crippen LogP) is -0.467. The fourth-order valence-corrected chi connectivity index (χ4v) is 1.95. The molecule has 16 heavy (non-hydrogen) atoms. The first-order valence-corrected chi connectivity index (χ1v) is 5.75. The summed E-state index contributed by atoms with van der Waals surface area (Å²) in [6, 6.07) is 0. The van der Waals surface area contributed by atoms with Crippen LogP contribution in [-0.4, -0.2) is 61.4 Å². The maximum Gasteiger partial charge on any atom is 0.226 e. The van der Waals surface area contributed by atoms with Gasteiger partial charge in [0.15, 0.2) is 0 Å². The normalized spacial score (nSPS) is 18.4. The quantitative estimate of drug-likeness (QED) is 0.709. The van der Waals surface area contributed by atoms with Crippen LogP contribution >= 0.6 is 0 Å². The molecule has 0 bridgehead atoms. The van der Waals surface area contributed by atoms with Gasteiger partial charge in [-0.15, -0.1) is 0 Å². The minimum atomic E-state index is 0.00822. The van der Waals surface area contributed by atoms with Gasteiger partial charge in [-0.05, 0) is 7.05 Å². The number of amides is 2. The van der Waals surface area contributed by atoms with Gasteiger partial charge in [0.25, 0.3) is 0 Å². The van der Waals surface area contributed by atoms with Gasteiger partial charge in [-0.25, -0.2) is 0 Å². The first-order valence-electron chi connectivity index (χ1n) is 5.75. The van der Waals surface area contributed by atoms with Crippen molar-refractivity contribution in [3.8, 4) is 0 Å². The van der Waals surface area contributed by atoms with Crippen LogP contribution in [0.4, 0.5) is 0 Å². The molecule has 1 atom stereocenters. The second-order valence-electron chi connectivity index (χ2n) is 4.29. The number of piperazine rings is 1. The van der Waals surface area contributed by atoms with Crippen LogP contribution in [0, 0.1) is 5.92 Å². The summed E-state index contributed by atoms with van der Waals surface area (Å²) in [6.45, 7) is 6.84. The van der Waals surface area contributed by atoms with E-state index in [0.717, 1.165) is 0 Å². The Bertz CT molecular complexity index is 260. The van der Waals surface area contributed by atoms with Gasteiger partial charge in [-0.1, -0.05) is 6.92 Å². The number of hydrogen-bond acceptors (Lipinski definition) is 3. The molecule has 0 spiro atoms. The summed E-state index contributed by atoms with van der Waals surface area (Å²) in [7, 11) is 1.84. The van der Waals surface area contributed by atoms with Crippen LogP contribution < -0.4 is 5.32 Å². The molecular formula is C11H21N3O2. The van der Waals surface area contributed by atoms with Crippen molar-refractivity contribution < 1.29 is 9.59 Å². The van der Waals surface area contributed by atoms with Gasteiger partial charge in [0, 0.05) is 45.6 Å². The molecule has 1 saturated heterocycles. The molecule has 0 aromatic carbocycles. The lowest BCUT2D eigenvalue weighted by molar-refractivity contribution is -0.140. The standard InChI is InChI=1S/C11H21N3O2/c1-9(8-12-3)11(16)14-6-4-13(5-7-14)10(2)15/h9,12H,4-8H2,1-3H3. The monoisotopic (exact) mass is 227 g/mol. The van der Waals surface area contributed by atoms with E-state index in [9.17, 15) is 9.59 Å². The smallest absolute Gasteiger partial charge is 0.226 e. The number of nitrogens with one attached hydrogen (secondary N) is 1. The second-order valence-corrected chi connectivity index (χ2v) is 4.29. The highest BCUT2D eigenvalue weighted by atomic mass is 16.2. The summed E-state index contributed by atoms with van der Waals surface area (Å²) in [5.41, 5.74) is 0. The van der Waals surface area contributed by atoms with E-state index in [1.54, 1.807) is 11.8 Å². The van der Waals surface area contributed by atoms with Gasteiger partial charge in [-0.3, -0.25) is 9.59 Å². The van der Waals surface area contributed by atoms with Gasteiger partial charge in [0.1, 0.15) is 0 Å². The number of nitrogens with zero attached hydrogens (tertiary/aromatic N) is 2. The summed E-state index contributed by atoms with van der Waals surface area (Å²) in [5, 5.41) is 3.00. The molecule has 0 radical (unpaired) electrons. The molecule has 1 fully saturated rings. The maximum absolute atomic E-state index is 11.9. The summed E-state index contributed by atoms with van der Waals surface area (Å²) in [4.78, 5) is 26.7. The van der Waals surface area contributed by atoms with E-state index in [0.29, 0.717) is 32.7 Å². The molecule has 1 heterocycles. The van der Waals surface area contributed by atoms with Crippen molar-refractivity contribution in [1.82, 2.24) is 15.1 Å². The molecule has 1 rings (SSSR count). The van der Waals surface area contributed by atoms with E-state index >= 15 is 0 Å². The minimum absolute atomic E-state index is 0.00822. The zero-order valence-electron chi connectivity index (χ0n) is 10.3. The highest BCUT2D eigenvalue weighted by Gasteiger charge is 2.25. The zero-order valence-corrected chi connectivity index (χ0v) is 10.3. The largest absolute Gasteiger partial charge is 0.339 e. The number of carbonyl (C=O) groups excluding carboxylic acids is 2. The Morgan fingerprint density at radius 1 is 1.19 bits per heavy atom. The molecule has 0 aromatic heterocycles. The Hall–Kier alpha value is -1.10. The third kappa shape index (κ3) is 3.20. The van der Waals surface area contributed by atoms with Crippen molar-refractivity contribution in [2.75, 3.05) is 39.8 Å². The third-order valence-corrected chi connectivity index (χ3v) is 2.97.